The Labute approximate surface area is 384 Å². The minimum Gasteiger partial charge on any atom is -0.480 e. The van der Waals surface area contributed by atoms with E-state index in [9.17, 15) is 19.0 Å². The summed E-state index contributed by atoms with van der Waals surface area (Å²) in [6.45, 7) is 3.70. The number of carbonyl (C=O) groups excluding carboxylic acids is 1. The summed E-state index contributed by atoms with van der Waals surface area (Å²) in [5, 5.41) is 8.92. The zero-order valence-electron chi connectivity index (χ0n) is 39.6. The number of rotatable bonds is 46. The molecule has 10 nitrogen and oxygen atoms in total. The first-order valence-corrected chi connectivity index (χ1v) is 26.1. The number of nitrogens with two attached hydrogens (primary N) is 1. The summed E-state index contributed by atoms with van der Waals surface area (Å²) in [6.07, 6.45) is 60.6. The van der Waals surface area contributed by atoms with Gasteiger partial charge in [0.05, 0.1) is 19.8 Å². The van der Waals surface area contributed by atoms with Crippen molar-refractivity contribution in [1.82, 2.24) is 0 Å². The Bertz CT molecular complexity index is 1320. The van der Waals surface area contributed by atoms with Crippen molar-refractivity contribution in [3.8, 4) is 0 Å². The summed E-state index contributed by atoms with van der Waals surface area (Å²) in [4.78, 5) is 33.7. The van der Waals surface area contributed by atoms with Gasteiger partial charge in [-0.1, -0.05) is 182 Å². The average molecular weight is 904 g/mol. The molecule has 0 radical (unpaired) electrons. The van der Waals surface area contributed by atoms with Crippen LogP contribution in [0.4, 0.5) is 0 Å². The van der Waals surface area contributed by atoms with Gasteiger partial charge in [0.1, 0.15) is 12.1 Å². The van der Waals surface area contributed by atoms with E-state index in [1.165, 1.54) is 70.6 Å². The molecule has 0 aliphatic carbocycles. The third kappa shape index (κ3) is 46.9. The van der Waals surface area contributed by atoms with Crippen LogP contribution in [0, 0.1) is 0 Å². The summed E-state index contributed by atoms with van der Waals surface area (Å²) in [7, 11) is -4.63. The SMILES string of the molecule is CC/C=C\C/C=C\C/C=C\C/C=C\C/C=C\CCCCCCCCOCC(COP(=O)(O)OCC(N)C(=O)O)OC(=O)CCCCCCCCCCC/C=C\C/C=C\CCCCC. The number of hydrogen-bond acceptors (Lipinski definition) is 8. The van der Waals surface area contributed by atoms with Gasteiger partial charge in [0.15, 0.2) is 0 Å². The van der Waals surface area contributed by atoms with Crippen molar-refractivity contribution in [3.05, 3.63) is 85.1 Å². The first-order chi connectivity index (χ1) is 30.7. The van der Waals surface area contributed by atoms with Crippen molar-refractivity contribution in [2.45, 2.75) is 206 Å². The van der Waals surface area contributed by atoms with Gasteiger partial charge in [-0.25, -0.2) is 4.57 Å². The second-order valence-corrected chi connectivity index (χ2v) is 17.7. The fourth-order valence-corrected chi connectivity index (χ4v) is 7.14. The third-order valence-electron chi connectivity index (χ3n) is 10.2. The largest absolute Gasteiger partial charge is 0.480 e. The zero-order chi connectivity index (χ0) is 46.2. The smallest absolute Gasteiger partial charge is 0.472 e. The molecule has 4 N–H and O–H groups in total. The molecule has 0 rings (SSSR count). The van der Waals surface area contributed by atoms with Gasteiger partial charge in [-0.2, -0.15) is 0 Å². The lowest BCUT2D eigenvalue weighted by Crippen LogP contribution is -2.34. The molecule has 0 amide bonds. The van der Waals surface area contributed by atoms with E-state index in [1.807, 2.05) is 0 Å². The number of aliphatic carboxylic acids is 1. The molecule has 0 bridgehead atoms. The molecule has 0 aromatic carbocycles. The number of phosphoric acid groups is 1. The minimum atomic E-state index is -4.63. The molecule has 0 spiro atoms. The number of carboxylic acid groups (broad SMARTS) is 1. The van der Waals surface area contributed by atoms with E-state index in [1.54, 1.807) is 0 Å². The number of unbranched alkanes of at least 4 members (excludes halogenated alkanes) is 18. The van der Waals surface area contributed by atoms with E-state index in [-0.39, 0.29) is 13.0 Å². The Hall–Kier alpha value is -2.85. The topological polar surface area (TPSA) is 155 Å². The molecular weight excluding hydrogens is 814 g/mol. The van der Waals surface area contributed by atoms with E-state index in [2.05, 4.69) is 98.9 Å². The highest BCUT2D eigenvalue weighted by atomic mass is 31.2. The van der Waals surface area contributed by atoms with Crippen LogP contribution in [0.2, 0.25) is 0 Å². The summed E-state index contributed by atoms with van der Waals surface area (Å²) < 4.78 is 33.5. The molecule has 63 heavy (non-hydrogen) atoms. The molecular formula is C52H90NO9P. The van der Waals surface area contributed by atoms with Crippen LogP contribution in [0.5, 0.6) is 0 Å². The predicted molar refractivity (Wildman–Crippen MR) is 263 cm³/mol. The highest BCUT2D eigenvalue weighted by Gasteiger charge is 2.27. The van der Waals surface area contributed by atoms with Gasteiger partial charge >= 0.3 is 19.8 Å². The fourth-order valence-electron chi connectivity index (χ4n) is 6.37. The third-order valence-corrected chi connectivity index (χ3v) is 11.1. The number of carbonyl (C=O) groups is 2. The van der Waals surface area contributed by atoms with E-state index in [0.717, 1.165) is 96.3 Å². The van der Waals surface area contributed by atoms with E-state index in [4.69, 9.17) is 29.4 Å². The Balaban J connectivity index is 4.23. The van der Waals surface area contributed by atoms with Crippen LogP contribution < -0.4 is 5.73 Å². The molecule has 0 aliphatic heterocycles. The van der Waals surface area contributed by atoms with Crippen molar-refractivity contribution in [2.24, 2.45) is 5.73 Å². The monoisotopic (exact) mass is 904 g/mol. The Morgan fingerprint density at radius 2 is 0.921 bits per heavy atom. The summed E-state index contributed by atoms with van der Waals surface area (Å²) in [5.74, 6) is -1.79. The number of esters is 1. The van der Waals surface area contributed by atoms with Gasteiger partial charge in [-0.15, -0.1) is 0 Å². The average Bonchev–Trinajstić information content (AvgIpc) is 3.26. The summed E-state index contributed by atoms with van der Waals surface area (Å²) in [5.41, 5.74) is 5.37. The van der Waals surface area contributed by atoms with Gasteiger partial charge < -0.3 is 25.2 Å². The van der Waals surface area contributed by atoms with Crippen molar-refractivity contribution in [3.63, 3.8) is 0 Å². The van der Waals surface area contributed by atoms with Crippen molar-refractivity contribution in [2.75, 3.05) is 26.4 Å². The lowest BCUT2D eigenvalue weighted by molar-refractivity contribution is -0.154. The maximum atomic E-state index is 12.7. The fraction of sp³-hybridized carbons (Fsp3) is 0.692. The van der Waals surface area contributed by atoms with Crippen LogP contribution in [-0.2, 0) is 32.7 Å². The van der Waals surface area contributed by atoms with Crippen LogP contribution in [0.3, 0.4) is 0 Å². The van der Waals surface area contributed by atoms with Gasteiger partial charge in [0.25, 0.3) is 0 Å². The van der Waals surface area contributed by atoms with Crippen LogP contribution in [-0.4, -0.2) is 60.5 Å². The molecule has 11 heteroatoms. The highest BCUT2D eigenvalue weighted by molar-refractivity contribution is 7.47. The highest BCUT2D eigenvalue weighted by Crippen LogP contribution is 2.43. The van der Waals surface area contributed by atoms with Crippen molar-refractivity contribution >= 4 is 19.8 Å². The predicted octanol–water partition coefficient (Wildman–Crippen LogP) is 14.3. The number of phosphoric ester groups is 1. The standard InChI is InChI=1S/C52H90NO9P/c1-3-5-7-9-11-13-15-17-19-21-23-24-25-27-29-31-33-35-37-39-41-43-45-59-46-49(47-60-63(57,58)61-48-50(53)52(55)56)62-51(54)44-42-40-38-36-34-32-30-28-26-22-20-18-16-14-12-10-8-6-4-2/h5,7,11-14,17-20,23-24,27,29,49-50H,3-4,6,8-10,15-16,21-22,25-26,28,30-48,53H2,1-2H3,(H,55,56)(H,57,58)/b7-5-,13-11-,14-12-,19-17-,20-18-,24-23-,29-27-. The quantitative estimate of drug-likeness (QED) is 0.0233. The summed E-state index contributed by atoms with van der Waals surface area (Å²) in [6, 6.07) is -1.48. The molecule has 0 saturated carbocycles. The number of allylic oxidation sites excluding steroid dienone is 14. The maximum absolute atomic E-state index is 12.7. The Morgan fingerprint density at radius 3 is 1.38 bits per heavy atom. The Morgan fingerprint density at radius 1 is 0.524 bits per heavy atom. The maximum Gasteiger partial charge on any atom is 0.472 e. The molecule has 0 aromatic heterocycles. The molecule has 0 saturated heterocycles. The van der Waals surface area contributed by atoms with Crippen LogP contribution >= 0.6 is 7.82 Å². The normalized spacial score (nSPS) is 14.5. The van der Waals surface area contributed by atoms with Gasteiger partial charge in [-0.3, -0.25) is 18.6 Å². The molecule has 0 aliphatic rings. The van der Waals surface area contributed by atoms with Gasteiger partial charge in [0.2, 0.25) is 0 Å². The molecule has 0 aromatic rings. The molecule has 0 heterocycles. The molecule has 3 atom stereocenters. The number of ether oxygens (including phenoxy) is 2. The zero-order valence-corrected chi connectivity index (χ0v) is 40.5. The minimum absolute atomic E-state index is 0.000449. The summed E-state index contributed by atoms with van der Waals surface area (Å²) >= 11 is 0. The van der Waals surface area contributed by atoms with Crippen molar-refractivity contribution < 1.29 is 42.7 Å². The number of carboxylic acids is 1. The van der Waals surface area contributed by atoms with Gasteiger partial charge in [0, 0.05) is 13.0 Å². The molecule has 0 fully saturated rings. The second-order valence-electron chi connectivity index (χ2n) is 16.2. The van der Waals surface area contributed by atoms with Crippen LogP contribution in [0.15, 0.2) is 85.1 Å². The second kappa shape index (κ2) is 47.1. The van der Waals surface area contributed by atoms with E-state index >= 15 is 0 Å². The molecule has 362 valence electrons. The van der Waals surface area contributed by atoms with Crippen molar-refractivity contribution in [1.29, 1.82) is 0 Å². The Kier molecular flexibility index (Phi) is 45.0. The molecule has 3 unspecified atom stereocenters. The number of hydrogen-bond donors (Lipinski definition) is 3. The first kappa shape index (κ1) is 60.2. The first-order valence-electron chi connectivity index (χ1n) is 24.6. The van der Waals surface area contributed by atoms with E-state index in [0.29, 0.717) is 13.0 Å². The van der Waals surface area contributed by atoms with Crippen LogP contribution in [0.25, 0.3) is 0 Å². The van der Waals surface area contributed by atoms with Gasteiger partial charge in [-0.05, 0) is 89.9 Å². The lowest BCUT2D eigenvalue weighted by Gasteiger charge is -2.20. The van der Waals surface area contributed by atoms with E-state index < -0.39 is 45.1 Å². The lowest BCUT2D eigenvalue weighted by atomic mass is 10.1. The van der Waals surface area contributed by atoms with Crippen LogP contribution in [0.1, 0.15) is 194 Å².